The zero-order valence-electron chi connectivity index (χ0n) is 15.3. The molecule has 0 aliphatic heterocycles. The van der Waals surface area contributed by atoms with E-state index in [0.717, 1.165) is 5.56 Å². The molecule has 7 nitrogen and oxygen atoms in total. The molecular weight excluding hydrogens is 505 g/mol. The van der Waals surface area contributed by atoms with E-state index < -0.39 is 10.0 Å². The van der Waals surface area contributed by atoms with Crippen molar-refractivity contribution in [1.29, 1.82) is 0 Å². The molecular formula is C18H16BrCl2N3O4S. The molecule has 1 heterocycles. The maximum Gasteiger partial charge on any atom is 0.266 e. The molecule has 1 aromatic heterocycles. The van der Waals surface area contributed by atoms with Crippen LogP contribution < -0.4 is 14.2 Å². The van der Waals surface area contributed by atoms with Crippen molar-refractivity contribution in [2.24, 2.45) is 0 Å². The van der Waals surface area contributed by atoms with Gasteiger partial charge in [0.15, 0.2) is 5.82 Å². The first kappa shape index (κ1) is 21.8. The van der Waals surface area contributed by atoms with E-state index >= 15 is 0 Å². The van der Waals surface area contributed by atoms with Crippen LogP contribution in [-0.4, -0.2) is 32.4 Å². The first-order chi connectivity index (χ1) is 13.7. The van der Waals surface area contributed by atoms with Gasteiger partial charge in [0.1, 0.15) is 16.4 Å². The number of ether oxygens (including phenoxy) is 2. The highest BCUT2D eigenvalue weighted by Gasteiger charge is 2.23. The largest absolute Gasteiger partial charge is 0.497 e. The number of aromatic nitrogens is 2. The van der Waals surface area contributed by atoms with Crippen molar-refractivity contribution in [3.05, 3.63) is 62.7 Å². The van der Waals surface area contributed by atoms with Crippen molar-refractivity contribution in [3.8, 4) is 11.5 Å². The summed E-state index contributed by atoms with van der Waals surface area (Å²) in [5.74, 6) is 0.763. The molecule has 0 saturated carbocycles. The van der Waals surface area contributed by atoms with Gasteiger partial charge < -0.3 is 9.47 Å². The molecule has 0 aliphatic rings. The van der Waals surface area contributed by atoms with Gasteiger partial charge in [0, 0.05) is 22.3 Å². The predicted octanol–water partition coefficient (Wildman–Crippen LogP) is 4.82. The van der Waals surface area contributed by atoms with Crippen molar-refractivity contribution < 1.29 is 17.9 Å². The lowest BCUT2D eigenvalue weighted by Gasteiger charge is -2.11. The second-order valence-electron chi connectivity index (χ2n) is 5.88. The minimum Gasteiger partial charge on any atom is -0.497 e. The average Bonchev–Trinajstić information content (AvgIpc) is 3.01. The minimum absolute atomic E-state index is 0.0389. The van der Waals surface area contributed by atoms with Gasteiger partial charge in [-0.15, -0.1) is 0 Å². The fraction of sp³-hybridized carbons (Fsp3) is 0.167. The molecule has 2 aromatic carbocycles. The summed E-state index contributed by atoms with van der Waals surface area (Å²) in [6.45, 7) is 0.336. The van der Waals surface area contributed by atoms with Gasteiger partial charge >= 0.3 is 0 Å². The van der Waals surface area contributed by atoms with E-state index in [2.05, 4.69) is 25.8 Å². The third-order valence-corrected chi connectivity index (χ3v) is 6.50. The molecule has 0 aliphatic carbocycles. The van der Waals surface area contributed by atoms with Crippen molar-refractivity contribution in [2.75, 3.05) is 18.9 Å². The van der Waals surface area contributed by atoms with E-state index in [9.17, 15) is 8.42 Å². The van der Waals surface area contributed by atoms with Crippen LogP contribution in [0.4, 0.5) is 5.82 Å². The van der Waals surface area contributed by atoms with Crippen LogP contribution in [0, 0.1) is 0 Å². The van der Waals surface area contributed by atoms with Gasteiger partial charge in [-0.25, -0.2) is 8.42 Å². The number of methoxy groups -OCH3 is 2. The van der Waals surface area contributed by atoms with Gasteiger partial charge in [-0.3, -0.25) is 9.40 Å². The molecule has 0 saturated heterocycles. The van der Waals surface area contributed by atoms with Gasteiger partial charge in [-0.2, -0.15) is 5.10 Å². The Morgan fingerprint density at radius 1 is 1.14 bits per heavy atom. The third-order valence-electron chi connectivity index (χ3n) is 3.96. The van der Waals surface area contributed by atoms with Crippen LogP contribution in [0.1, 0.15) is 5.56 Å². The van der Waals surface area contributed by atoms with E-state index in [4.69, 9.17) is 32.7 Å². The Balaban J connectivity index is 1.87. The van der Waals surface area contributed by atoms with Crippen LogP contribution in [-0.2, 0) is 16.6 Å². The highest BCUT2D eigenvalue weighted by molar-refractivity contribution is 9.10. The predicted molar refractivity (Wildman–Crippen MR) is 116 cm³/mol. The molecule has 3 rings (SSSR count). The Bertz CT molecular complexity index is 1150. The molecule has 154 valence electrons. The van der Waals surface area contributed by atoms with Crippen LogP contribution in [0.25, 0.3) is 0 Å². The lowest BCUT2D eigenvalue weighted by molar-refractivity contribution is 0.386. The van der Waals surface area contributed by atoms with E-state index in [0.29, 0.717) is 26.8 Å². The Labute approximate surface area is 186 Å². The fourth-order valence-electron chi connectivity index (χ4n) is 2.55. The van der Waals surface area contributed by atoms with Crippen molar-refractivity contribution >= 4 is 55.0 Å². The van der Waals surface area contributed by atoms with Crippen LogP contribution in [0.15, 0.2) is 52.0 Å². The SMILES string of the molecule is COc1ccc(S(=O)(=O)Nc2nn(Cc3ccc(Cl)cc3Cl)cc2Br)c(OC)c1. The Morgan fingerprint density at radius 2 is 1.90 bits per heavy atom. The molecule has 0 unspecified atom stereocenters. The molecule has 0 bridgehead atoms. The molecule has 11 heteroatoms. The summed E-state index contributed by atoms with van der Waals surface area (Å²) in [7, 11) is -1.09. The Kier molecular flexibility index (Phi) is 6.62. The molecule has 0 fully saturated rings. The number of sulfonamides is 1. The number of hydrogen-bond donors (Lipinski definition) is 1. The summed E-state index contributed by atoms with van der Waals surface area (Å²) < 4.78 is 40.5. The zero-order chi connectivity index (χ0) is 21.2. The maximum absolute atomic E-state index is 12.9. The first-order valence-electron chi connectivity index (χ1n) is 8.15. The second kappa shape index (κ2) is 8.83. The summed E-state index contributed by atoms with van der Waals surface area (Å²) >= 11 is 15.4. The average molecular weight is 521 g/mol. The van der Waals surface area contributed by atoms with E-state index in [1.807, 2.05) is 0 Å². The number of nitrogens with zero attached hydrogens (tertiary/aromatic N) is 2. The van der Waals surface area contributed by atoms with Crippen LogP contribution in [0.5, 0.6) is 11.5 Å². The van der Waals surface area contributed by atoms with Crippen molar-refractivity contribution in [2.45, 2.75) is 11.4 Å². The van der Waals surface area contributed by atoms with Gasteiger partial charge in [0.05, 0.1) is 25.2 Å². The normalized spacial score (nSPS) is 11.3. The lowest BCUT2D eigenvalue weighted by Crippen LogP contribution is -2.15. The number of halogens is 3. The second-order valence-corrected chi connectivity index (χ2v) is 9.23. The van der Waals surface area contributed by atoms with E-state index in [1.165, 1.54) is 32.4 Å². The van der Waals surface area contributed by atoms with Crippen molar-refractivity contribution in [1.82, 2.24) is 9.78 Å². The standard InChI is InChI=1S/C18H16BrCl2N3O4S/c1-27-13-5-6-17(16(8-13)28-2)29(25,26)23-18-14(19)10-24(22-18)9-11-3-4-12(20)7-15(11)21/h3-8,10H,9H2,1-2H3,(H,22,23). The lowest BCUT2D eigenvalue weighted by atomic mass is 10.2. The maximum atomic E-state index is 12.9. The summed E-state index contributed by atoms with van der Waals surface area (Å²) in [6.07, 6.45) is 1.65. The summed E-state index contributed by atoms with van der Waals surface area (Å²) in [4.78, 5) is -0.0389. The molecule has 0 spiro atoms. The quantitative estimate of drug-likeness (QED) is 0.483. The summed E-state index contributed by atoms with van der Waals surface area (Å²) in [6, 6.07) is 9.57. The van der Waals surface area contributed by atoms with Crippen LogP contribution in [0.3, 0.4) is 0 Å². The molecule has 0 atom stereocenters. The molecule has 0 amide bonds. The van der Waals surface area contributed by atoms with Crippen LogP contribution in [0.2, 0.25) is 10.0 Å². The van der Waals surface area contributed by atoms with Crippen molar-refractivity contribution in [3.63, 3.8) is 0 Å². The summed E-state index contributed by atoms with van der Waals surface area (Å²) in [5, 5.41) is 5.32. The molecule has 1 N–H and O–H groups in total. The third kappa shape index (κ3) is 4.98. The van der Waals surface area contributed by atoms with Gasteiger partial charge in [0.2, 0.25) is 0 Å². The van der Waals surface area contributed by atoms with Gasteiger partial charge in [0.25, 0.3) is 10.0 Å². The number of nitrogens with one attached hydrogen (secondary N) is 1. The number of hydrogen-bond acceptors (Lipinski definition) is 5. The molecule has 0 radical (unpaired) electrons. The van der Waals surface area contributed by atoms with Gasteiger partial charge in [-0.05, 0) is 45.8 Å². The summed E-state index contributed by atoms with van der Waals surface area (Å²) in [5.41, 5.74) is 0.789. The zero-order valence-corrected chi connectivity index (χ0v) is 19.2. The first-order valence-corrected chi connectivity index (χ1v) is 11.2. The molecule has 3 aromatic rings. The van der Waals surface area contributed by atoms with E-state index in [1.54, 1.807) is 29.1 Å². The fourth-order valence-corrected chi connectivity index (χ4v) is 4.73. The number of anilines is 1. The highest BCUT2D eigenvalue weighted by Crippen LogP contribution is 2.31. The number of benzene rings is 2. The monoisotopic (exact) mass is 519 g/mol. The smallest absolute Gasteiger partial charge is 0.266 e. The highest BCUT2D eigenvalue weighted by atomic mass is 79.9. The molecule has 29 heavy (non-hydrogen) atoms. The Morgan fingerprint density at radius 3 is 2.55 bits per heavy atom. The van der Waals surface area contributed by atoms with Gasteiger partial charge in [-0.1, -0.05) is 29.3 Å². The number of rotatable bonds is 7. The Hall–Kier alpha value is -1.94. The minimum atomic E-state index is -3.96. The van der Waals surface area contributed by atoms with E-state index in [-0.39, 0.29) is 16.5 Å². The van der Waals surface area contributed by atoms with Crippen LogP contribution >= 0.6 is 39.1 Å². The topological polar surface area (TPSA) is 82.5 Å².